The van der Waals surface area contributed by atoms with E-state index in [1.54, 1.807) is 13.2 Å². The van der Waals surface area contributed by atoms with Crippen LogP contribution < -0.4 is 10.6 Å². The minimum absolute atomic E-state index is 0.00841. The van der Waals surface area contributed by atoms with Crippen LogP contribution in [0, 0.1) is 0 Å². The number of nitrogens with zero attached hydrogens (tertiary/aromatic N) is 1. The van der Waals surface area contributed by atoms with Crippen molar-refractivity contribution >= 4 is 11.7 Å². The molecule has 1 aromatic rings. The molecular formula is C13H21N3O2. The maximum Gasteiger partial charge on any atom is 0.270 e. The third-order valence-electron chi connectivity index (χ3n) is 2.37. The smallest absolute Gasteiger partial charge is 0.270 e. The molecular weight excluding hydrogens is 230 g/mol. The van der Waals surface area contributed by atoms with Gasteiger partial charge >= 0.3 is 0 Å². The van der Waals surface area contributed by atoms with Crippen molar-refractivity contribution in [1.29, 1.82) is 0 Å². The van der Waals surface area contributed by atoms with E-state index in [-0.39, 0.29) is 18.1 Å². The number of pyridine rings is 1. The molecule has 0 saturated carbocycles. The van der Waals surface area contributed by atoms with E-state index in [1.807, 2.05) is 32.9 Å². The number of nitrogens with one attached hydrogen (secondary N) is 2. The second kappa shape index (κ2) is 6.96. The third kappa shape index (κ3) is 4.71. The van der Waals surface area contributed by atoms with Gasteiger partial charge in [-0.2, -0.15) is 0 Å². The van der Waals surface area contributed by atoms with Gasteiger partial charge < -0.3 is 15.4 Å². The van der Waals surface area contributed by atoms with E-state index in [0.29, 0.717) is 18.1 Å². The van der Waals surface area contributed by atoms with Crippen LogP contribution in [-0.4, -0.2) is 36.7 Å². The molecule has 1 atom stereocenters. The highest BCUT2D eigenvalue weighted by Gasteiger charge is 2.09. The summed E-state index contributed by atoms with van der Waals surface area (Å²) in [6, 6.07) is 5.63. The van der Waals surface area contributed by atoms with Crippen molar-refractivity contribution in [3.05, 3.63) is 23.9 Å². The predicted octanol–water partition coefficient (Wildman–Crippen LogP) is 1.67. The van der Waals surface area contributed by atoms with Gasteiger partial charge in [-0.1, -0.05) is 6.07 Å². The zero-order chi connectivity index (χ0) is 13.5. The summed E-state index contributed by atoms with van der Waals surface area (Å²) < 4.78 is 5.07. The Morgan fingerprint density at radius 3 is 2.72 bits per heavy atom. The van der Waals surface area contributed by atoms with Crippen LogP contribution in [0.3, 0.4) is 0 Å². The number of rotatable bonds is 6. The van der Waals surface area contributed by atoms with Gasteiger partial charge in [0.15, 0.2) is 0 Å². The number of amides is 1. The first-order valence-electron chi connectivity index (χ1n) is 6.07. The maximum absolute atomic E-state index is 11.8. The van der Waals surface area contributed by atoms with Crippen molar-refractivity contribution in [3.8, 4) is 0 Å². The molecule has 18 heavy (non-hydrogen) atoms. The number of hydrogen-bond acceptors (Lipinski definition) is 4. The SMILES string of the molecule is COC(C)CNC(=O)c1cccc(NC(C)C)n1. The summed E-state index contributed by atoms with van der Waals surface area (Å²) >= 11 is 0. The minimum atomic E-state index is -0.189. The number of aromatic nitrogens is 1. The number of ether oxygens (including phenoxy) is 1. The van der Waals surface area contributed by atoms with Gasteiger partial charge in [0.05, 0.1) is 6.10 Å². The maximum atomic E-state index is 11.8. The molecule has 0 saturated heterocycles. The molecule has 100 valence electrons. The fraction of sp³-hybridized carbons (Fsp3) is 0.538. The average molecular weight is 251 g/mol. The van der Waals surface area contributed by atoms with Crippen LogP contribution in [0.15, 0.2) is 18.2 Å². The summed E-state index contributed by atoms with van der Waals surface area (Å²) in [5, 5.41) is 5.94. The van der Waals surface area contributed by atoms with Gasteiger partial charge in [-0.25, -0.2) is 4.98 Å². The molecule has 1 aromatic heterocycles. The normalized spacial score (nSPS) is 12.3. The average Bonchev–Trinajstić information content (AvgIpc) is 2.35. The highest BCUT2D eigenvalue weighted by molar-refractivity contribution is 5.92. The van der Waals surface area contributed by atoms with Gasteiger partial charge in [0, 0.05) is 19.7 Å². The van der Waals surface area contributed by atoms with Crippen molar-refractivity contribution in [2.75, 3.05) is 19.0 Å². The predicted molar refractivity (Wildman–Crippen MR) is 71.8 cm³/mol. The third-order valence-corrected chi connectivity index (χ3v) is 2.37. The summed E-state index contributed by atoms with van der Waals surface area (Å²) in [4.78, 5) is 16.1. The Morgan fingerprint density at radius 2 is 2.11 bits per heavy atom. The van der Waals surface area contributed by atoms with Gasteiger partial charge in [0.25, 0.3) is 5.91 Å². The van der Waals surface area contributed by atoms with Crippen LogP contribution in [0.5, 0.6) is 0 Å². The lowest BCUT2D eigenvalue weighted by Gasteiger charge is -2.12. The van der Waals surface area contributed by atoms with Crippen molar-refractivity contribution in [1.82, 2.24) is 10.3 Å². The second-order valence-electron chi connectivity index (χ2n) is 4.46. The summed E-state index contributed by atoms with van der Waals surface area (Å²) in [5.74, 6) is 0.517. The van der Waals surface area contributed by atoms with Crippen molar-refractivity contribution in [2.45, 2.75) is 32.9 Å². The van der Waals surface area contributed by atoms with E-state index in [4.69, 9.17) is 4.74 Å². The minimum Gasteiger partial charge on any atom is -0.380 e. The Hall–Kier alpha value is -1.62. The topological polar surface area (TPSA) is 63.2 Å². The van der Waals surface area contributed by atoms with E-state index in [1.165, 1.54) is 0 Å². The van der Waals surface area contributed by atoms with E-state index in [2.05, 4.69) is 15.6 Å². The van der Waals surface area contributed by atoms with E-state index < -0.39 is 0 Å². The number of carbonyl (C=O) groups is 1. The Kier molecular flexibility index (Phi) is 5.58. The van der Waals surface area contributed by atoms with Crippen molar-refractivity contribution < 1.29 is 9.53 Å². The number of carbonyl (C=O) groups excluding carboxylic acids is 1. The molecule has 1 heterocycles. The lowest BCUT2D eigenvalue weighted by atomic mass is 10.3. The molecule has 5 nitrogen and oxygen atoms in total. The first-order chi connectivity index (χ1) is 8.52. The molecule has 1 unspecified atom stereocenters. The van der Waals surface area contributed by atoms with Crippen LogP contribution >= 0.6 is 0 Å². The summed E-state index contributed by atoms with van der Waals surface area (Å²) in [5.41, 5.74) is 0.406. The molecule has 0 spiro atoms. The summed E-state index contributed by atoms with van der Waals surface area (Å²) in [6.45, 7) is 6.41. The van der Waals surface area contributed by atoms with Gasteiger partial charge in [0.2, 0.25) is 0 Å². The molecule has 0 bridgehead atoms. The highest BCUT2D eigenvalue weighted by Crippen LogP contribution is 2.06. The molecule has 0 fully saturated rings. The van der Waals surface area contributed by atoms with E-state index in [9.17, 15) is 4.79 Å². The second-order valence-corrected chi connectivity index (χ2v) is 4.46. The number of hydrogen-bond donors (Lipinski definition) is 2. The fourth-order valence-corrected chi connectivity index (χ4v) is 1.35. The molecule has 0 aliphatic heterocycles. The van der Waals surface area contributed by atoms with Gasteiger partial charge in [-0.3, -0.25) is 4.79 Å². The van der Waals surface area contributed by atoms with Crippen LogP contribution in [0.1, 0.15) is 31.3 Å². The van der Waals surface area contributed by atoms with Crippen LogP contribution in [-0.2, 0) is 4.74 Å². The molecule has 0 aromatic carbocycles. The first-order valence-corrected chi connectivity index (χ1v) is 6.07. The molecule has 1 rings (SSSR count). The van der Waals surface area contributed by atoms with Crippen molar-refractivity contribution in [2.24, 2.45) is 0 Å². The van der Waals surface area contributed by atoms with Gasteiger partial charge in [-0.05, 0) is 32.9 Å². The Bertz CT molecular complexity index is 394. The molecule has 0 aliphatic carbocycles. The van der Waals surface area contributed by atoms with Gasteiger partial charge in [-0.15, -0.1) is 0 Å². The first kappa shape index (κ1) is 14.4. The number of methoxy groups -OCH3 is 1. The molecule has 0 aliphatic rings. The van der Waals surface area contributed by atoms with E-state index >= 15 is 0 Å². The Morgan fingerprint density at radius 1 is 1.39 bits per heavy atom. The van der Waals surface area contributed by atoms with Crippen LogP contribution in [0.25, 0.3) is 0 Å². The largest absolute Gasteiger partial charge is 0.380 e. The summed E-state index contributed by atoms with van der Waals surface area (Å²) in [6.07, 6.45) is -0.00841. The Balaban J connectivity index is 2.62. The summed E-state index contributed by atoms with van der Waals surface area (Å²) in [7, 11) is 1.61. The standard InChI is InChI=1S/C13H21N3O2/c1-9(2)15-12-7-5-6-11(16-12)13(17)14-8-10(3)18-4/h5-7,9-10H,8H2,1-4H3,(H,14,17)(H,15,16). The molecule has 2 N–H and O–H groups in total. The monoisotopic (exact) mass is 251 g/mol. The molecule has 1 amide bonds. The number of anilines is 1. The molecule has 5 heteroatoms. The van der Waals surface area contributed by atoms with Crippen LogP contribution in [0.2, 0.25) is 0 Å². The zero-order valence-electron chi connectivity index (χ0n) is 11.4. The molecule has 0 radical (unpaired) electrons. The lowest BCUT2D eigenvalue weighted by molar-refractivity contribution is 0.0866. The van der Waals surface area contributed by atoms with E-state index in [0.717, 1.165) is 0 Å². The van der Waals surface area contributed by atoms with Crippen LogP contribution in [0.4, 0.5) is 5.82 Å². The van der Waals surface area contributed by atoms with Gasteiger partial charge in [0.1, 0.15) is 11.5 Å². The fourth-order valence-electron chi connectivity index (χ4n) is 1.35. The zero-order valence-corrected chi connectivity index (χ0v) is 11.4. The lowest BCUT2D eigenvalue weighted by Crippen LogP contribution is -2.32. The highest BCUT2D eigenvalue weighted by atomic mass is 16.5. The van der Waals surface area contributed by atoms with Crippen molar-refractivity contribution in [3.63, 3.8) is 0 Å². The Labute approximate surface area is 108 Å². The quantitative estimate of drug-likeness (QED) is 0.807.